The second-order valence-electron chi connectivity index (χ2n) is 7.12. The lowest BCUT2D eigenvalue weighted by molar-refractivity contribution is -0.146. The molecule has 1 amide bonds. The lowest BCUT2D eigenvalue weighted by Gasteiger charge is -2.25. The van der Waals surface area contributed by atoms with Crippen LogP contribution < -0.4 is 0 Å². The van der Waals surface area contributed by atoms with E-state index in [4.69, 9.17) is 9.57 Å². The van der Waals surface area contributed by atoms with Crippen LogP contribution in [-0.2, 0) is 25.7 Å². The standard InChI is InChI=1S/C23H24F2N2O4/c1-2-30-23(29)12-11-22(28)27(14-16-7-3-5-9-19(16)24)15-17-13-21(26-31-17)18-8-4-6-10-20(18)25/h3-10,17H,2,11-15H2,1H3. The number of hydrogen-bond donors (Lipinski definition) is 0. The second kappa shape index (κ2) is 10.7. The molecule has 31 heavy (non-hydrogen) atoms. The largest absolute Gasteiger partial charge is 0.466 e. The molecule has 2 aromatic carbocycles. The summed E-state index contributed by atoms with van der Waals surface area (Å²) in [4.78, 5) is 31.3. The number of oxime groups is 1. The van der Waals surface area contributed by atoms with Gasteiger partial charge in [0, 0.05) is 30.5 Å². The van der Waals surface area contributed by atoms with Crippen LogP contribution in [0.2, 0.25) is 0 Å². The van der Waals surface area contributed by atoms with E-state index >= 15 is 0 Å². The molecule has 1 unspecified atom stereocenters. The Morgan fingerprint density at radius 3 is 2.52 bits per heavy atom. The van der Waals surface area contributed by atoms with Crippen molar-refractivity contribution in [1.82, 2.24) is 4.90 Å². The number of carbonyl (C=O) groups excluding carboxylic acids is 2. The van der Waals surface area contributed by atoms with Gasteiger partial charge in [-0.1, -0.05) is 41.6 Å². The van der Waals surface area contributed by atoms with Crippen molar-refractivity contribution in [2.75, 3.05) is 13.2 Å². The van der Waals surface area contributed by atoms with Crippen LogP contribution in [0.1, 0.15) is 37.3 Å². The fourth-order valence-electron chi connectivity index (χ4n) is 3.31. The summed E-state index contributed by atoms with van der Waals surface area (Å²) in [5.41, 5.74) is 1.15. The van der Waals surface area contributed by atoms with Gasteiger partial charge in [-0.3, -0.25) is 9.59 Å². The third kappa shape index (κ3) is 6.10. The molecule has 3 rings (SSSR count). The molecular weight excluding hydrogens is 406 g/mol. The summed E-state index contributed by atoms with van der Waals surface area (Å²) in [5.74, 6) is -1.64. The Bertz CT molecular complexity index is 964. The SMILES string of the molecule is CCOC(=O)CCC(=O)N(Cc1ccccc1F)CC1CC(c2ccccc2F)=NO1. The van der Waals surface area contributed by atoms with Crippen molar-refractivity contribution in [1.29, 1.82) is 0 Å². The van der Waals surface area contributed by atoms with Gasteiger partial charge in [-0.2, -0.15) is 0 Å². The van der Waals surface area contributed by atoms with Crippen LogP contribution in [0, 0.1) is 11.6 Å². The number of halogens is 2. The van der Waals surface area contributed by atoms with Gasteiger partial charge in [-0.05, 0) is 19.1 Å². The minimum atomic E-state index is -0.507. The Kier molecular flexibility index (Phi) is 7.70. The van der Waals surface area contributed by atoms with E-state index in [0.29, 0.717) is 23.3 Å². The van der Waals surface area contributed by atoms with Crippen molar-refractivity contribution in [2.24, 2.45) is 5.16 Å². The zero-order chi connectivity index (χ0) is 22.2. The van der Waals surface area contributed by atoms with Gasteiger partial charge in [0.15, 0.2) is 6.10 Å². The molecule has 2 aromatic rings. The van der Waals surface area contributed by atoms with Gasteiger partial charge in [0.1, 0.15) is 11.6 Å². The van der Waals surface area contributed by atoms with Crippen molar-refractivity contribution in [2.45, 2.75) is 38.8 Å². The molecule has 0 saturated carbocycles. The van der Waals surface area contributed by atoms with E-state index < -0.39 is 23.7 Å². The van der Waals surface area contributed by atoms with Crippen molar-refractivity contribution < 1.29 is 27.9 Å². The predicted molar refractivity (Wildman–Crippen MR) is 110 cm³/mol. The summed E-state index contributed by atoms with van der Waals surface area (Å²) in [6.07, 6.45) is -0.336. The van der Waals surface area contributed by atoms with Gasteiger partial charge in [0.05, 0.1) is 25.3 Å². The van der Waals surface area contributed by atoms with Gasteiger partial charge in [-0.25, -0.2) is 8.78 Å². The molecule has 0 radical (unpaired) electrons. The van der Waals surface area contributed by atoms with Crippen LogP contribution in [0.3, 0.4) is 0 Å². The number of ether oxygens (including phenoxy) is 1. The van der Waals surface area contributed by atoms with E-state index in [1.807, 2.05) is 0 Å². The van der Waals surface area contributed by atoms with E-state index in [-0.39, 0.29) is 38.4 Å². The highest BCUT2D eigenvalue weighted by atomic mass is 19.1. The maximum atomic E-state index is 14.2. The molecule has 0 N–H and O–H groups in total. The molecule has 1 heterocycles. The molecule has 1 atom stereocenters. The van der Waals surface area contributed by atoms with Gasteiger partial charge in [-0.15, -0.1) is 0 Å². The first-order chi connectivity index (χ1) is 15.0. The number of esters is 1. The molecular formula is C23H24F2N2O4. The number of nitrogens with zero attached hydrogens (tertiary/aromatic N) is 2. The van der Waals surface area contributed by atoms with Crippen LogP contribution in [0.15, 0.2) is 53.7 Å². The van der Waals surface area contributed by atoms with Gasteiger partial charge in [0.25, 0.3) is 0 Å². The molecule has 0 aliphatic carbocycles. The summed E-state index contributed by atoms with van der Waals surface area (Å²) >= 11 is 0. The summed E-state index contributed by atoms with van der Waals surface area (Å²) in [6, 6.07) is 12.4. The molecule has 1 aliphatic rings. The molecule has 0 fully saturated rings. The molecule has 6 nitrogen and oxygen atoms in total. The monoisotopic (exact) mass is 430 g/mol. The highest BCUT2D eigenvalue weighted by Crippen LogP contribution is 2.21. The number of rotatable bonds is 9. The van der Waals surface area contributed by atoms with Crippen LogP contribution >= 0.6 is 0 Å². The summed E-state index contributed by atoms with van der Waals surface area (Å²) in [7, 11) is 0. The maximum absolute atomic E-state index is 14.2. The molecule has 1 aliphatic heterocycles. The summed E-state index contributed by atoms with van der Waals surface area (Å²) in [6.45, 7) is 2.06. The van der Waals surface area contributed by atoms with Crippen LogP contribution in [0.4, 0.5) is 8.78 Å². The molecule has 0 aromatic heterocycles. The topological polar surface area (TPSA) is 68.2 Å². The smallest absolute Gasteiger partial charge is 0.306 e. The first kappa shape index (κ1) is 22.4. The van der Waals surface area contributed by atoms with Gasteiger partial charge >= 0.3 is 5.97 Å². The lowest BCUT2D eigenvalue weighted by Crippen LogP contribution is -2.37. The Hall–Kier alpha value is -3.29. The zero-order valence-electron chi connectivity index (χ0n) is 17.2. The average Bonchev–Trinajstić information content (AvgIpc) is 3.22. The Balaban J connectivity index is 1.68. The third-order valence-electron chi connectivity index (χ3n) is 4.86. The average molecular weight is 430 g/mol. The highest BCUT2D eigenvalue weighted by molar-refractivity contribution is 6.01. The summed E-state index contributed by atoms with van der Waals surface area (Å²) in [5, 5.41) is 3.97. The van der Waals surface area contributed by atoms with Crippen molar-refractivity contribution >= 4 is 17.6 Å². The van der Waals surface area contributed by atoms with E-state index in [0.717, 1.165) is 0 Å². The van der Waals surface area contributed by atoms with Gasteiger partial charge in [0.2, 0.25) is 5.91 Å². The summed E-state index contributed by atoms with van der Waals surface area (Å²) < 4.78 is 33.1. The van der Waals surface area contributed by atoms with E-state index in [1.54, 1.807) is 43.3 Å². The molecule has 0 spiro atoms. The fourth-order valence-corrected chi connectivity index (χ4v) is 3.31. The van der Waals surface area contributed by atoms with Crippen molar-refractivity contribution in [3.05, 3.63) is 71.3 Å². The fraction of sp³-hybridized carbons (Fsp3) is 0.348. The minimum absolute atomic E-state index is 0.0171. The molecule has 0 saturated heterocycles. The highest BCUT2D eigenvalue weighted by Gasteiger charge is 2.28. The normalized spacial score (nSPS) is 15.2. The van der Waals surface area contributed by atoms with E-state index in [1.165, 1.54) is 17.0 Å². The van der Waals surface area contributed by atoms with Crippen LogP contribution in [-0.4, -0.2) is 41.7 Å². The van der Waals surface area contributed by atoms with E-state index in [9.17, 15) is 18.4 Å². The first-order valence-corrected chi connectivity index (χ1v) is 10.1. The molecule has 164 valence electrons. The number of hydrogen-bond acceptors (Lipinski definition) is 5. The van der Waals surface area contributed by atoms with Crippen molar-refractivity contribution in [3.8, 4) is 0 Å². The van der Waals surface area contributed by atoms with Crippen LogP contribution in [0.5, 0.6) is 0 Å². The van der Waals surface area contributed by atoms with Crippen molar-refractivity contribution in [3.63, 3.8) is 0 Å². The maximum Gasteiger partial charge on any atom is 0.306 e. The quantitative estimate of drug-likeness (QED) is 0.567. The number of amides is 1. The number of benzene rings is 2. The molecule has 0 bridgehead atoms. The lowest BCUT2D eigenvalue weighted by atomic mass is 10.0. The zero-order valence-corrected chi connectivity index (χ0v) is 17.2. The Labute approximate surface area is 179 Å². The minimum Gasteiger partial charge on any atom is -0.466 e. The van der Waals surface area contributed by atoms with Gasteiger partial charge < -0.3 is 14.5 Å². The predicted octanol–water partition coefficient (Wildman–Crippen LogP) is 3.83. The van der Waals surface area contributed by atoms with E-state index in [2.05, 4.69) is 5.16 Å². The molecule has 8 heteroatoms. The Morgan fingerprint density at radius 2 is 1.81 bits per heavy atom. The first-order valence-electron chi connectivity index (χ1n) is 10.1. The third-order valence-corrected chi connectivity index (χ3v) is 4.86. The number of carbonyl (C=O) groups is 2. The second-order valence-corrected chi connectivity index (χ2v) is 7.12. The Morgan fingerprint density at radius 1 is 1.10 bits per heavy atom. The van der Waals surface area contributed by atoms with Crippen LogP contribution in [0.25, 0.3) is 0 Å².